The van der Waals surface area contributed by atoms with Gasteiger partial charge in [-0.15, -0.1) is 4.98 Å². The molecule has 0 atom stereocenters. The summed E-state index contributed by atoms with van der Waals surface area (Å²) in [4.78, 5) is 11.8. The Bertz CT molecular complexity index is 641. The molecule has 0 bridgehead atoms. The lowest BCUT2D eigenvalue weighted by atomic mass is 10.3. The molecular formula is C12H13ClFN5O2. The van der Waals surface area contributed by atoms with E-state index in [0.29, 0.717) is 0 Å². The smallest absolute Gasteiger partial charge is 0.330 e. The molecule has 1 heterocycles. The third-order valence-corrected chi connectivity index (χ3v) is 2.47. The Kier molecular flexibility index (Phi) is 4.71. The summed E-state index contributed by atoms with van der Waals surface area (Å²) in [6, 6.07) is 3.91. The van der Waals surface area contributed by atoms with Gasteiger partial charge in [-0.2, -0.15) is 9.97 Å². The van der Waals surface area contributed by atoms with Gasteiger partial charge in [0.2, 0.25) is 5.95 Å². The normalized spacial score (nSPS) is 10.6. The first-order valence-electron chi connectivity index (χ1n) is 6.00. The summed E-state index contributed by atoms with van der Waals surface area (Å²) in [5.74, 6) is 4.89. The lowest BCUT2D eigenvalue weighted by Crippen LogP contribution is -2.14. The van der Waals surface area contributed by atoms with E-state index < -0.39 is 5.82 Å². The van der Waals surface area contributed by atoms with Crippen LogP contribution in [-0.2, 0) is 0 Å². The summed E-state index contributed by atoms with van der Waals surface area (Å²) in [7, 11) is 0. The molecule has 0 aliphatic rings. The first-order chi connectivity index (χ1) is 9.97. The lowest BCUT2D eigenvalue weighted by molar-refractivity contribution is 0.218. The van der Waals surface area contributed by atoms with Gasteiger partial charge in [-0.3, -0.25) is 5.43 Å². The maximum Gasteiger partial charge on any atom is 0.330 e. The van der Waals surface area contributed by atoms with Crippen LogP contribution in [0.25, 0.3) is 0 Å². The van der Waals surface area contributed by atoms with E-state index in [4.69, 9.17) is 26.9 Å². The highest BCUT2D eigenvalue weighted by atomic mass is 35.5. The molecule has 0 unspecified atom stereocenters. The maximum atomic E-state index is 13.4. The SMILES string of the molecule is CC(C)Oc1nc(NN)nc(Oc2ccc(Cl)c(F)c2)n1. The van der Waals surface area contributed by atoms with Gasteiger partial charge >= 0.3 is 12.0 Å². The topological polar surface area (TPSA) is 95.2 Å². The fourth-order valence-corrected chi connectivity index (χ4v) is 1.48. The highest BCUT2D eigenvalue weighted by molar-refractivity contribution is 6.30. The van der Waals surface area contributed by atoms with Crippen LogP contribution >= 0.6 is 11.6 Å². The molecular weight excluding hydrogens is 301 g/mol. The molecule has 0 aliphatic heterocycles. The fraction of sp³-hybridized carbons (Fsp3) is 0.250. The number of hydrazine groups is 1. The first kappa shape index (κ1) is 15.2. The van der Waals surface area contributed by atoms with E-state index in [9.17, 15) is 4.39 Å². The average Bonchev–Trinajstić information content (AvgIpc) is 2.42. The van der Waals surface area contributed by atoms with E-state index in [1.54, 1.807) is 0 Å². The Hall–Kier alpha value is -2.19. The number of nitrogens with two attached hydrogens (primary N) is 1. The Morgan fingerprint density at radius 1 is 1.24 bits per heavy atom. The quantitative estimate of drug-likeness (QED) is 0.647. The molecule has 2 rings (SSSR count). The summed E-state index contributed by atoms with van der Waals surface area (Å²) in [5, 5.41) is -0.00820. The molecule has 0 amide bonds. The van der Waals surface area contributed by atoms with E-state index in [1.807, 2.05) is 13.8 Å². The number of aromatic nitrogens is 3. The van der Waals surface area contributed by atoms with Gasteiger partial charge in [-0.25, -0.2) is 10.2 Å². The number of ether oxygens (including phenoxy) is 2. The third kappa shape index (κ3) is 4.14. The summed E-state index contributed by atoms with van der Waals surface area (Å²) in [6.45, 7) is 3.63. The van der Waals surface area contributed by atoms with Crippen LogP contribution in [0.1, 0.15) is 13.8 Å². The Morgan fingerprint density at radius 2 is 1.95 bits per heavy atom. The number of halogens is 2. The standard InChI is InChI=1S/C12H13ClFN5O2/c1-6(2)20-11-16-10(19-15)17-12(18-11)21-7-3-4-8(13)9(14)5-7/h3-6H,15H2,1-2H3,(H,16,17,18,19). The van der Waals surface area contributed by atoms with Crippen molar-refractivity contribution in [2.24, 2.45) is 5.84 Å². The second-order valence-electron chi connectivity index (χ2n) is 4.21. The van der Waals surface area contributed by atoms with Crippen LogP contribution in [0.15, 0.2) is 18.2 Å². The highest BCUT2D eigenvalue weighted by Crippen LogP contribution is 2.24. The van der Waals surface area contributed by atoms with Crippen LogP contribution in [-0.4, -0.2) is 21.1 Å². The van der Waals surface area contributed by atoms with Crippen molar-refractivity contribution < 1.29 is 13.9 Å². The molecule has 0 aliphatic carbocycles. The molecule has 7 nitrogen and oxygen atoms in total. The van der Waals surface area contributed by atoms with Crippen molar-refractivity contribution in [3.63, 3.8) is 0 Å². The van der Waals surface area contributed by atoms with Crippen LogP contribution in [0.3, 0.4) is 0 Å². The van der Waals surface area contributed by atoms with Gasteiger partial charge in [0, 0.05) is 6.07 Å². The predicted molar refractivity (Wildman–Crippen MR) is 74.9 cm³/mol. The average molecular weight is 314 g/mol. The van der Waals surface area contributed by atoms with Gasteiger partial charge in [0.25, 0.3) is 0 Å². The number of nitrogens with one attached hydrogen (secondary N) is 1. The van der Waals surface area contributed by atoms with Crippen LogP contribution in [0.5, 0.6) is 17.8 Å². The van der Waals surface area contributed by atoms with Crippen molar-refractivity contribution >= 4 is 17.5 Å². The first-order valence-corrected chi connectivity index (χ1v) is 6.38. The van der Waals surface area contributed by atoms with E-state index in [2.05, 4.69) is 20.4 Å². The highest BCUT2D eigenvalue weighted by Gasteiger charge is 2.11. The van der Waals surface area contributed by atoms with Crippen LogP contribution in [0, 0.1) is 5.82 Å². The van der Waals surface area contributed by atoms with Gasteiger partial charge in [-0.05, 0) is 26.0 Å². The largest absolute Gasteiger partial charge is 0.461 e. The zero-order valence-corrected chi connectivity index (χ0v) is 12.1. The number of anilines is 1. The number of hydrogen-bond donors (Lipinski definition) is 2. The monoisotopic (exact) mass is 313 g/mol. The van der Waals surface area contributed by atoms with Gasteiger partial charge in [-0.1, -0.05) is 11.6 Å². The molecule has 21 heavy (non-hydrogen) atoms. The minimum Gasteiger partial charge on any atom is -0.461 e. The molecule has 0 fully saturated rings. The van der Waals surface area contributed by atoms with E-state index in [1.165, 1.54) is 12.1 Å². The zero-order valence-electron chi connectivity index (χ0n) is 11.3. The van der Waals surface area contributed by atoms with Crippen LogP contribution in [0.4, 0.5) is 10.3 Å². The summed E-state index contributed by atoms with van der Waals surface area (Å²) in [6.07, 6.45) is -0.140. The number of hydrogen-bond acceptors (Lipinski definition) is 7. The van der Waals surface area contributed by atoms with Crippen molar-refractivity contribution in [3.8, 4) is 17.8 Å². The zero-order chi connectivity index (χ0) is 15.4. The second-order valence-corrected chi connectivity index (χ2v) is 4.62. The molecule has 0 saturated heterocycles. The summed E-state index contributed by atoms with van der Waals surface area (Å²) < 4.78 is 24.0. The Balaban J connectivity index is 2.27. The molecule has 0 spiro atoms. The van der Waals surface area contributed by atoms with E-state index in [-0.39, 0.29) is 34.8 Å². The molecule has 3 N–H and O–H groups in total. The lowest BCUT2D eigenvalue weighted by Gasteiger charge is -2.10. The fourth-order valence-electron chi connectivity index (χ4n) is 1.36. The van der Waals surface area contributed by atoms with Crippen LogP contribution < -0.4 is 20.7 Å². The van der Waals surface area contributed by atoms with E-state index in [0.717, 1.165) is 6.07 Å². The molecule has 112 valence electrons. The van der Waals surface area contributed by atoms with Crippen molar-refractivity contribution in [2.75, 3.05) is 5.43 Å². The van der Waals surface area contributed by atoms with Crippen molar-refractivity contribution in [2.45, 2.75) is 20.0 Å². The van der Waals surface area contributed by atoms with Crippen molar-refractivity contribution in [3.05, 3.63) is 29.0 Å². The van der Waals surface area contributed by atoms with Crippen molar-refractivity contribution in [1.82, 2.24) is 15.0 Å². The molecule has 1 aromatic carbocycles. The van der Waals surface area contributed by atoms with Gasteiger partial charge in [0.1, 0.15) is 11.6 Å². The van der Waals surface area contributed by atoms with Gasteiger partial charge in [0.15, 0.2) is 0 Å². The van der Waals surface area contributed by atoms with Gasteiger partial charge in [0.05, 0.1) is 11.1 Å². The Morgan fingerprint density at radius 3 is 2.57 bits per heavy atom. The third-order valence-electron chi connectivity index (χ3n) is 2.16. The number of nitrogens with zero attached hydrogens (tertiary/aromatic N) is 3. The summed E-state index contributed by atoms with van der Waals surface area (Å²) in [5.41, 5.74) is 2.27. The van der Waals surface area contributed by atoms with Crippen molar-refractivity contribution in [1.29, 1.82) is 0 Å². The molecule has 0 radical (unpaired) electrons. The maximum absolute atomic E-state index is 13.4. The number of benzene rings is 1. The minimum absolute atomic E-state index is 0.00820. The minimum atomic E-state index is -0.612. The Labute approximate surface area is 125 Å². The number of rotatable bonds is 5. The predicted octanol–water partition coefficient (Wildman–Crippen LogP) is 2.53. The molecule has 9 heteroatoms. The molecule has 1 aromatic heterocycles. The van der Waals surface area contributed by atoms with Crippen LogP contribution in [0.2, 0.25) is 5.02 Å². The number of nitrogen functional groups attached to an aromatic ring is 1. The molecule has 2 aromatic rings. The van der Waals surface area contributed by atoms with E-state index >= 15 is 0 Å². The van der Waals surface area contributed by atoms with Gasteiger partial charge < -0.3 is 9.47 Å². The summed E-state index contributed by atoms with van der Waals surface area (Å²) >= 11 is 5.60. The molecule has 0 saturated carbocycles. The second kappa shape index (κ2) is 6.51.